The summed E-state index contributed by atoms with van der Waals surface area (Å²) in [5.74, 6) is 1.69. The van der Waals surface area contributed by atoms with Crippen molar-refractivity contribution in [1.29, 1.82) is 0 Å². The number of carbonyl (C=O) groups excluding carboxylic acids is 1. The van der Waals surface area contributed by atoms with Gasteiger partial charge in [-0.2, -0.15) is 0 Å². The van der Waals surface area contributed by atoms with Gasteiger partial charge < -0.3 is 10.2 Å². The molecule has 0 fully saturated rings. The number of aromatic nitrogens is 2. The number of carbonyl (C=O) groups is 1. The lowest BCUT2D eigenvalue weighted by Gasteiger charge is -2.16. The van der Waals surface area contributed by atoms with Crippen molar-refractivity contribution in [2.75, 3.05) is 25.5 Å². The van der Waals surface area contributed by atoms with Gasteiger partial charge in [0.15, 0.2) is 5.16 Å². The molecule has 0 radical (unpaired) electrons. The molecular formula is C18H24N4OS. The minimum atomic E-state index is -0.0372. The molecule has 2 rings (SSSR count). The van der Waals surface area contributed by atoms with Crippen LogP contribution in [0.2, 0.25) is 0 Å². The molecular weight excluding hydrogens is 320 g/mol. The van der Waals surface area contributed by atoms with Gasteiger partial charge in [0.2, 0.25) is 0 Å². The second-order valence-corrected chi connectivity index (χ2v) is 6.72. The molecule has 128 valence electrons. The number of aryl methyl sites for hydroxylation is 1. The van der Waals surface area contributed by atoms with Gasteiger partial charge in [0.25, 0.3) is 5.91 Å². The van der Waals surface area contributed by atoms with E-state index in [9.17, 15) is 4.79 Å². The first-order valence-electron chi connectivity index (χ1n) is 7.94. The number of benzene rings is 1. The van der Waals surface area contributed by atoms with Crippen molar-refractivity contribution in [2.45, 2.75) is 31.7 Å². The average molecular weight is 344 g/mol. The normalized spacial score (nSPS) is 10.5. The number of anilines is 1. The molecule has 6 heteroatoms. The van der Waals surface area contributed by atoms with Crippen LogP contribution in [0.5, 0.6) is 0 Å². The summed E-state index contributed by atoms with van der Waals surface area (Å²) in [7, 11) is 3.98. The van der Waals surface area contributed by atoms with Crippen LogP contribution in [0.15, 0.2) is 29.4 Å². The van der Waals surface area contributed by atoms with E-state index in [0.29, 0.717) is 12.1 Å². The molecule has 0 aliphatic carbocycles. The molecule has 24 heavy (non-hydrogen) atoms. The number of rotatable bonds is 6. The quantitative estimate of drug-likeness (QED) is 0.644. The molecule has 0 atom stereocenters. The van der Waals surface area contributed by atoms with Gasteiger partial charge in [-0.3, -0.25) is 4.79 Å². The Hall–Kier alpha value is -2.08. The topological polar surface area (TPSA) is 58.1 Å². The zero-order valence-corrected chi connectivity index (χ0v) is 15.7. The fourth-order valence-electron chi connectivity index (χ4n) is 2.25. The highest BCUT2D eigenvalue weighted by molar-refractivity contribution is 7.98. The van der Waals surface area contributed by atoms with Crippen molar-refractivity contribution in [2.24, 2.45) is 0 Å². The lowest BCUT2D eigenvalue weighted by molar-refractivity contribution is 0.0956. The number of nitrogens with zero attached hydrogens (tertiary/aromatic N) is 3. The average Bonchev–Trinajstić information content (AvgIpc) is 2.56. The molecule has 0 unspecified atom stereocenters. The minimum absolute atomic E-state index is 0.0372. The van der Waals surface area contributed by atoms with Crippen LogP contribution in [0, 0.1) is 13.8 Å². The Morgan fingerprint density at radius 2 is 1.83 bits per heavy atom. The van der Waals surface area contributed by atoms with Crippen molar-refractivity contribution in [3.63, 3.8) is 0 Å². The lowest BCUT2D eigenvalue weighted by atomic mass is 10.1. The van der Waals surface area contributed by atoms with Crippen molar-refractivity contribution in [3.05, 3.63) is 46.6 Å². The van der Waals surface area contributed by atoms with E-state index in [1.54, 1.807) is 11.8 Å². The maximum atomic E-state index is 11.8. The fourth-order valence-corrected chi connectivity index (χ4v) is 3.09. The highest BCUT2D eigenvalue weighted by Crippen LogP contribution is 2.25. The Labute approximate surface area is 147 Å². The van der Waals surface area contributed by atoms with E-state index >= 15 is 0 Å². The predicted octanol–water partition coefficient (Wildman–Crippen LogP) is 3.20. The Kier molecular flexibility index (Phi) is 6.20. The molecule has 5 nitrogen and oxygen atoms in total. The van der Waals surface area contributed by atoms with Gasteiger partial charge >= 0.3 is 0 Å². The molecule has 0 aliphatic rings. The van der Waals surface area contributed by atoms with Gasteiger partial charge in [-0.1, -0.05) is 23.9 Å². The monoisotopic (exact) mass is 344 g/mol. The van der Waals surface area contributed by atoms with Crippen molar-refractivity contribution < 1.29 is 4.79 Å². The van der Waals surface area contributed by atoms with E-state index in [1.807, 2.05) is 64.0 Å². The first-order chi connectivity index (χ1) is 11.4. The van der Waals surface area contributed by atoms with Crippen LogP contribution in [0.4, 0.5) is 5.82 Å². The molecule has 0 spiro atoms. The largest absolute Gasteiger partial charge is 0.362 e. The molecule has 0 saturated carbocycles. The van der Waals surface area contributed by atoms with Crippen LogP contribution < -0.4 is 10.2 Å². The second-order valence-electron chi connectivity index (χ2n) is 5.78. The van der Waals surface area contributed by atoms with Gasteiger partial charge in [0.1, 0.15) is 5.82 Å². The molecule has 1 aromatic carbocycles. The van der Waals surface area contributed by atoms with E-state index in [-0.39, 0.29) is 5.91 Å². The van der Waals surface area contributed by atoms with Crippen LogP contribution >= 0.6 is 11.8 Å². The summed E-state index contributed by atoms with van der Waals surface area (Å²) in [4.78, 5) is 23.0. The summed E-state index contributed by atoms with van der Waals surface area (Å²) in [5, 5.41) is 3.57. The Morgan fingerprint density at radius 1 is 1.17 bits per heavy atom. The van der Waals surface area contributed by atoms with Gasteiger partial charge in [0.05, 0.1) is 0 Å². The summed E-state index contributed by atoms with van der Waals surface area (Å²) < 4.78 is 0. The lowest BCUT2D eigenvalue weighted by Crippen LogP contribution is -2.22. The maximum Gasteiger partial charge on any atom is 0.251 e. The van der Waals surface area contributed by atoms with E-state index in [4.69, 9.17) is 0 Å². The molecule has 1 heterocycles. The fraction of sp³-hybridized carbons (Fsp3) is 0.389. The van der Waals surface area contributed by atoms with Gasteiger partial charge in [-0.05, 0) is 38.5 Å². The third-order valence-electron chi connectivity index (χ3n) is 3.69. The number of nitrogens with one attached hydrogen (secondary N) is 1. The van der Waals surface area contributed by atoms with Gasteiger partial charge in [-0.25, -0.2) is 9.97 Å². The van der Waals surface area contributed by atoms with Crippen LogP contribution in [-0.2, 0) is 5.75 Å². The zero-order chi connectivity index (χ0) is 17.7. The zero-order valence-electron chi connectivity index (χ0n) is 14.9. The van der Waals surface area contributed by atoms with Crippen LogP contribution in [0.1, 0.15) is 34.1 Å². The predicted molar refractivity (Wildman–Crippen MR) is 99.8 cm³/mol. The summed E-state index contributed by atoms with van der Waals surface area (Å²) in [6, 6.07) is 7.66. The van der Waals surface area contributed by atoms with Crippen LogP contribution in [0.25, 0.3) is 0 Å². The standard InChI is InChI=1S/C18H24N4OS/c1-6-19-17(23)15-9-7-14(8-10-15)11-24-18-20-13(3)12(2)16(21-18)22(4)5/h7-10H,6,11H2,1-5H3,(H,19,23). The molecule has 1 N–H and O–H groups in total. The summed E-state index contributed by atoms with van der Waals surface area (Å²) >= 11 is 1.60. The molecule has 1 amide bonds. The van der Waals surface area contributed by atoms with Crippen molar-refractivity contribution in [1.82, 2.24) is 15.3 Å². The summed E-state index contributed by atoms with van der Waals surface area (Å²) in [6.07, 6.45) is 0. The van der Waals surface area contributed by atoms with Crippen LogP contribution in [-0.4, -0.2) is 36.5 Å². The van der Waals surface area contributed by atoms with E-state index in [1.165, 1.54) is 0 Å². The molecule has 0 bridgehead atoms. The van der Waals surface area contributed by atoms with Crippen molar-refractivity contribution in [3.8, 4) is 0 Å². The first kappa shape index (κ1) is 18.3. The Balaban J connectivity index is 2.07. The first-order valence-corrected chi connectivity index (χ1v) is 8.93. The third kappa shape index (κ3) is 4.47. The summed E-state index contributed by atoms with van der Waals surface area (Å²) in [5.41, 5.74) is 3.93. The molecule has 2 aromatic rings. The molecule has 0 aliphatic heterocycles. The smallest absolute Gasteiger partial charge is 0.251 e. The number of hydrogen-bond acceptors (Lipinski definition) is 5. The van der Waals surface area contributed by atoms with E-state index in [0.717, 1.165) is 33.5 Å². The number of thioether (sulfide) groups is 1. The maximum absolute atomic E-state index is 11.8. The van der Waals surface area contributed by atoms with E-state index < -0.39 is 0 Å². The number of amides is 1. The van der Waals surface area contributed by atoms with Crippen molar-refractivity contribution >= 4 is 23.5 Å². The highest BCUT2D eigenvalue weighted by atomic mass is 32.2. The SMILES string of the molecule is CCNC(=O)c1ccc(CSc2nc(C)c(C)c(N(C)C)n2)cc1. The Bertz CT molecular complexity index is 714. The summed E-state index contributed by atoms with van der Waals surface area (Å²) in [6.45, 7) is 6.59. The van der Waals surface area contributed by atoms with Crippen LogP contribution in [0.3, 0.4) is 0 Å². The minimum Gasteiger partial charge on any atom is -0.362 e. The highest BCUT2D eigenvalue weighted by Gasteiger charge is 2.10. The van der Waals surface area contributed by atoms with E-state index in [2.05, 4.69) is 15.3 Å². The van der Waals surface area contributed by atoms with Gasteiger partial charge in [0, 0.05) is 43.2 Å². The number of hydrogen-bond donors (Lipinski definition) is 1. The molecule has 1 aromatic heterocycles. The second kappa shape index (κ2) is 8.15. The Morgan fingerprint density at radius 3 is 2.42 bits per heavy atom. The third-order valence-corrected chi connectivity index (χ3v) is 4.61. The molecule has 0 saturated heterocycles. The van der Waals surface area contributed by atoms with Gasteiger partial charge in [-0.15, -0.1) is 0 Å².